The van der Waals surface area contributed by atoms with Crippen molar-refractivity contribution >= 4 is 5.97 Å². The largest absolute Gasteiger partial charge is 0.481 e. The van der Waals surface area contributed by atoms with Crippen LogP contribution in [0.2, 0.25) is 0 Å². The predicted molar refractivity (Wildman–Crippen MR) is 111 cm³/mol. The van der Waals surface area contributed by atoms with E-state index in [1.54, 1.807) is 6.08 Å². The van der Waals surface area contributed by atoms with E-state index in [0.29, 0.717) is 30.8 Å². The first-order chi connectivity index (χ1) is 13.4. The highest BCUT2D eigenvalue weighted by Crippen LogP contribution is 2.36. The quantitative estimate of drug-likeness (QED) is 0.293. The Hall–Kier alpha value is -1.64. The van der Waals surface area contributed by atoms with Gasteiger partial charge in [-0.05, 0) is 37.2 Å². The average molecular weight is 392 g/mol. The van der Waals surface area contributed by atoms with Crippen molar-refractivity contribution in [2.75, 3.05) is 0 Å². The second-order valence-corrected chi connectivity index (χ2v) is 8.16. The van der Waals surface area contributed by atoms with Crippen LogP contribution in [-0.2, 0) is 4.79 Å². The monoisotopic (exact) mass is 391 g/mol. The summed E-state index contributed by atoms with van der Waals surface area (Å²) in [5, 5.41) is 38.7. The molecule has 0 heterocycles. The lowest BCUT2D eigenvalue weighted by molar-refractivity contribution is -0.137. The van der Waals surface area contributed by atoms with Crippen molar-refractivity contribution in [3.05, 3.63) is 23.3 Å². The minimum Gasteiger partial charge on any atom is -0.481 e. The van der Waals surface area contributed by atoms with Crippen molar-refractivity contribution in [3.63, 3.8) is 0 Å². The number of hydrogen-bond donors (Lipinski definition) is 3. The van der Waals surface area contributed by atoms with Crippen molar-refractivity contribution in [2.24, 2.45) is 11.8 Å². The molecule has 5 nitrogen and oxygen atoms in total. The van der Waals surface area contributed by atoms with Crippen molar-refractivity contribution in [1.29, 1.82) is 5.26 Å². The number of carboxylic acid groups (broad SMARTS) is 1. The van der Waals surface area contributed by atoms with Crippen LogP contribution in [0.1, 0.15) is 84.5 Å². The summed E-state index contributed by atoms with van der Waals surface area (Å²) in [4.78, 5) is 10.5. The number of nitriles is 1. The van der Waals surface area contributed by atoms with Gasteiger partial charge in [-0.3, -0.25) is 4.79 Å². The number of unbranched alkanes of at least 4 members (excludes halogenated alkanes) is 4. The number of hydrogen-bond acceptors (Lipinski definition) is 4. The summed E-state index contributed by atoms with van der Waals surface area (Å²) >= 11 is 0. The Morgan fingerprint density at radius 1 is 1.29 bits per heavy atom. The number of aliphatic hydroxyl groups excluding tert-OH is 2. The van der Waals surface area contributed by atoms with Crippen molar-refractivity contribution in [3.8, 4) is 6.07 Å². The van der Waals surface area contributed by atoms with Crippen molar-refractivity contribution in [2.45, 2.75) is 96.7 Å². The molecule has 4 atom stereocenters. The molecule has 0 bridgehead atoms. The molecule has 0 aliphatic heterocycles. The van der Waals surface area contributed by atoms with Crippen LogP contribution in [-0.4, -0.2) is 33.5 Å². The van der Waals surface area contributed by atoms with Crippen molar-refractivity contribution in [1.82, 2.24) is 0 Å². The van der Waals surface area contributed by atoms with E-state index in [1.807, 2.05) is 6.08 Å². The summed E-state index contributed by atoms with van der Waals surface area (Å²) in [5.41, 5.74) is 1.65. The standard InChI is InChI=1S/C23H37NO4/c1-3-4-9-17(2)14-19(25)12-13-21-20(18(16-24)15-22(21)26)10-7-5-6-8-11-23(27)28/h12-13,17,19,21-22,25-26H,3-11,14-15H2,1-2H3,(H,27,28)/b13-12+/t17-,19-,21-,22-/m1/s1. The predicted octanol–water partition coefficient (Wildman–Crippen LogP) is 4.75. The van der Waals surface area contributed by atoms with Crippen LogP contribution in [0.25, 0.3) is 0 Å². The van der Waals surface area contributed by atoms with E-state index in [1.165, 1.54) is 6.42 Å². The molecule has 0 spiro atoms. The normalized spacial score (nSPS) is 21.8. The molecule has 0 aromatic carbocycles. The van der Waals surface area contributed by atoms with Gasteiger partial charge in [0, 0.05) is 24.3 Å². The summed E-state index contributed by atoms with van der Waals surface area (Å²) in [7, 11) is 0. The van der Waals surface area contributed by atoms with Gasteiger partial charge in [-0.1, -0.05) is 58.1 Å². The molecule has 158 valence electrons. The van der Waals surface area contributed by atoms with Gasteiger partial charge in [0.15, 0.2) is 0 Å². The topological polar surface area (TPSA) is 102 Å². The highest BCUT2D eigenvalue weighted by Gasteiger charge is 2.31. The van der Waals surface area contributed by atoms with Crippen LogP contribution < -0.4 is 0 Å². The van der Waals surface area contributed by atoms with Crippen LogP contribution in [0.4, 0.5) is 0 Å². The van der Waals surface area contributed by atoms with Crippen LogP contribution in [0.3, 0.4) is 0 Å². The van der Waals surface area contributed by atoms with Crippen LogP contribution in [0.15, 0.2) is 23.3 Å². The van der Waals surface area contributed by atoms with Crippen LogP contribution in [0.5, 0.6) is 0 Å². The molecular formula is C23H37NO4. The van der Waals surface area contributed by atoms with Gasteiger partial charge in [0.1, 0.15) is 0 Å². The first kappa shape index (κ1) is 24.4. The molecule has 1 aliphatic rings. The third-order valence-electron chi connectivity index (χ3n) is 5.57. The molecule has 5 heteroatoms. The second kappa shape index (κ2) is 13.5. The van der Waals surface area contributed by atoms with E-state index in [4.69, 9.17) is 5.11 Å². The van der Waals surface area contributed by atoms with Gasteiger partial charge >= 0.3 is 5.97 Å². The maximum Gasteiger partial charge on any atom is 0.303 e. The number of carbonyl (C=O) groups is 1. The summed E-state index contributed by atoms with van der Waals surface area (Å²) in [6.45, 7) is 4.32. The van der Waals surface area contributed by atoms with E-state index in [2.05, 4.69) is 19.9 Å². The van der Waals surface area contributed by atoms with Crippen molar-refractivity contribution < 1.29 is 20.1 Å². The summed E-state index contributed by atoms with van der Waals surface area (Å²) in [5.74, 6) is -0.501. The summed E-state index contributed by atoms with van der Waals surface area (Å²) < 4.78 is 0. The Kier molecular flexibility index (Phi) is 11.8. The van der Waals surface area contributed by atoms with E-state index in [9.17, 15) is 20.3 Å². The number of nitrogens with zero attached hydrogens (tertiary/aromatic N) is 1. The lowest BCUT2D eigenvalue weighted by Crippen LogP contribution is -2.16. The SMILES string of the molecule is CCCC[C@@H](C)C[C@H](O)/C=C/[C@@H]1C(CCCCCCC(=O)O)=C(C#N)C[C@H]1O. The summed E-state index contributed by atoms with van der Waals surface area (Å²) in [6.07, 6.45) is 11.3. The fourth-order valence-corrected chi connectivity index (χ4v) is 3.93. The average Bonchev–Trinajstić information content (AvgIpc) is 2.95. The second-order valence-electron chi connectivity index (χ2n) is 8.16. The molecule has 0 unspecified atom stereocenters. The molecule has 0 saturated carbocycles. The zero-order valence-electron chi connectivity index (χ0n) is 17.4. The van der Waals surface area contributed by atoms with Gasteiger partial charge in [-0.2, -0.15) is 5.26 Å². The Morgan fingerprint density at radius 3 is 2.64 bits per heavy atom. The molecule has 1 rings (SSSR count). The third kappa shape index (κ3) is 9.03. The van der Waals surface area contributed by atoms with Gasteiger partial charge in [0.25, 0.3) is 0 Å². The Balaban J connectivity index is 2.56. The molecule has 0 fully saturated rings. The minimum absolute atomic E-state index is 0.199. The molecule has 3 N–H and O–H groups in total. The Morgan fingerprint density at radius 2 is 2.00 bits per heavy atom. The third-order valence-corrected chi connectivity index (χ3v) is 5.57. The van der Waals surface area contributed by atoms with Gasteiger partial charge in [0.2, 0.25) is 0 Å². The number of aliphatic hydroxyl groups is 2. The molecule has 0 saturated heterocycles. The van der Waals surface area contributed by atoms with E-state index in [-0.39, 0.29) is 12.3 Å². The first-order valence-corrected chi connectivity index (χ1v) is 10.8. The summed E-state index contributed by atoms with van der Waals surface area (Å²) in [6, 6.07) is 2.23. The number of aliphatic carboxylic acids is 1. The molecule has 28 heavy (non-hydrogen) atoms. The maximum absolute atomic E-state index is 10.5. The van der Waals surface area contributed by atoms with Gasteiger partial charge < -0.3 is 15.3 Å². The van der Waals surface area contributed by atoms with Gasteiger partial charge in [-0.15, -0.1) is 0 Å². The molecular weight excluding hydrogens is 354 g/mol. The smallest absolute Gasteiger partial charge is 0.303 e. The highest BCUT2D eigenvalue weighted by atomic mass is 16.4. The van der Waals surface area contributed by atoms with Crippen LogP contribution in [0, 0.1) is 23.2 Å². The van der Waals surface area contributed by atoms with Gasteiger partial charge in [0.05, 0.1) is 18.3 Å². The molecule has 0 aromatic rings. The molecule has 0 aromatic heterocycles. The number of rotatable bonds is 14. The minimum atomic E-state index is -0.763. The zero-order valence-corrected chi connectivity index (χ0v) is 17.4. The zero-order chi connectivity index (χ0) is 20.9. The van der Waals surface area contributed by atoms with Gasteiger partial charge in [-0.25, -0.2) is 0 Å². The fraction of sp³-hybridized carbons (Fsp3) is 0.739. The highest BCUT2D eigenvalue weighted by molar-refractivity contribution is 5.66. The molecule has 0 amide bonds. The fourth-order valence-electron chi connectivity index (χ4n) is 3.93. The van der Waals surface area contributed by atoms with E-state index < -0.39 is 18.2 Å². The first-order valence-electron chi connectivity index (χ1n) is 10.8. The Bertz CT molecular complexity index is 576. The lowest BCUT2D eigenvalue weighted by atomic mass is 9.91. The van der Waals surface area contributed by atoms with Crippen LogP contribution >= 0.6 is 0 Å². The lowest BCUT2D eigenvalue weighted by Gasteiger charge is -2.17. The molecule has 1 aliphatic carbocycles. The number of carboxylic acids is 1. The molecule has 0 radical (unpaired) electrons. The Labute approximate surface area is 169 Å². The van der Waals surface area contributed by atoms with E-state index in [0.717, 1.165) is 44.1 Å². The van der Waals surface area contributed by atoms with E-state index >= 15 is 0 Å². The maximum atomic E-state index is 10.5.